The molecule has 2 heterocycles. The Bertz CT molecular complexity index is 672. The second-order valence-electron chi connectivity index (χ2n) is 8.16. The van der Waals surface area contributed by atoms with Gasteiger partial charge in [-0.2, -0.15) is 0 Å². The smallest absolute Gasteiger partial charge is 0.219 e. The number of piperazine rings is 1. The van der Waals surface area contributed by atoms with Crippen LogP contribution in [0.2, 0.25) is 0 Å². The van der Waals surface area contributed by atoms with Crippen LogP contribution in [0.3, 0.4) is 0 Å². The topological polar surface area (TPSA) is 63.2 Å². The summed E-state index contributed by atoms with van der Waals surface area (Å²) in [6.45, 7) is 13.1. The van der Waals surface area contributed by atoms with E-state index in [-0.39, 0.29) is 29.9 Å². The summed E-state index contributed by atoms with van der Waals surface area (Å²) in [5, 5.41) is 6.89. The monoisotopic (exact) mass is 542 g/mol. The Hall–Kier alpha value is -1.39. The van der Waals surface area contributed by atoms with Crippen LogP contribution >= 0.6 is 24.0 Å². The number of carbonyl (C=O) groups is 1. The molecule has 0 saturated carbocycles. The molecule has 1 unspecified atom stereocenters. The summed E-state index contributed by atoms with van der Waals surface area (Å²) in [5.74, 6) is 1.07. The molecule has 174 valence electrons. The number of benzene rings is 1. The van der Waals surface area contributed by atoms with Gasteiger partial charge in [0.2, 0.25) is 5.91 Å². The van der Waals surface area contributed by atoms with E-state index in [2.05, 4.69) is 57.7 Å². The summed E-state index contributed by atoms with van der Waals surface area (Å²) >= 11 is 0. The van der Waals surface area contributed by atoms with Crippen molar-refractivity contribution in [2.45, 2.75) is 32.7 Å². The minimum Gasteiger partial charge on any atom is -0.357 e. The molecule has 31 heavy (non-hydrogen) atoms. The lowest BCUT2D eigenvalue weighted by atomic mass is 10.1. The van der Waals surface area contributed by atoms with Crippen molar-refractivity contribution < 1.29 is 4.79 Å². The number of hydrogen-bond donors (Lipinski definition) is 2. The van der Waals surface area contributed by atoms with Crippen molar-refractivity contribution >= 4 is 35.8 Å². The minimum absolute atomic E-state index is 0. The van der Waals surface area contributed by atoms with E-state index in [0.717, 1.165) is 71.4 Å². The Morgan fingerprint density at radius 1 is 1.03 bits per heavy atom. The molecule has 1 aromatic carbocycles. The zero-order chi connectivity index (χ0) is 21.2. The lowest BCUT2D eigenvalue weighted by Crippen LogP contribution is -2.50. The van der Waals surface area contributed by atoms with Crippen LogP contribution in [-0.4, -0.2) is 92.0 Å². The van der Waals surface area contributed by atoms with Gasteiger partial charge < -0.3 is 15.5 Å². The number of likely N-dealkylation sites (tertiary alicyclic amines) is 1. The highest BCUT2D eigenvalue weighted by Gasteiger charge is 2.23. The molecule has 2 N–H and O–H groups in total. The number of nitrogens with one attached hydrogen (secondary N) is 2. The molecule has 0 aliphatic carbocycles. The van der Waals surface area contributed by atoms with E-state index in [0.29, 0.717) is 6.04 Å². The molecule has 2 fully saturated rings. The highest BCUT2D eigenvalue weighted by atomic mass is 127. The lowest BCUT2D eigenvalue weighted by molar-refractivity contribution is -0.130. The molecule has 2 aliphatic heterocycles. The number of nitrogens with zero attached hydrogens (tertiary/aromatic N) is 4. The first kappa shape index (κ1) is 25.9. The van der Waals surface area contributed by atoms with Crippen LogP contribution in [0.1, 0.15) is 38.3 Å². The Morgan fingerprint density at radius 2 is 1.71 bits per heavy atom. The fourth-order valence-electron chi connectivity index (χ4n) is 4.30. The van der Waals surface area contributed by atoms with Crippen LogP contribution < -0.4 is 10.6 Å². The number of carbonyl (C=O) groups excluding carboxylic acids is 1. The van der Waals surface area contributed by atoms with Crippen LogP contribution in [0, 0.1) is 0 Å². The molecular weight excluding hydrogens is 503 g/mol. The molecule has 0 bridgehead atoms. The number of amides is 1. The summed E-state index contributed by atoms with van der Waals surface area (Å²) in [5.41, 5.74) is 1.35. The maximum Gasteiger partial charge on any atom is 0.219 e. The largest absolute Gasteiger partial charge is 0.357 e. The van der Waals surface area contributed by atoms with Gasteiger partial charge >= 0.3 is 0 Å². The Labute approximate surface area is 204 Å². The van der Waals surface area contributed by atoms with Crippen LogP contribution in [-0.2, 0) is 4.79 Å². The quantitative estimate of drug-likeness (QED) is 0.300. The molecule has 1 atom stereocenters. The summed E-state index contributed by atoms with van der Waals surface area (Å²) in [4.78, 5) is 23.3. The number of hydrogen-bond acceptors (Lipinski definition) is 4. The third kappa shape index (κ3) is 8.23. The molecule has 7 nitrogen and oxygen atoms in total. The van der Waals surface area contributed by atoms with Gasteiger partial charge in [-0.15, -0.1) is 24.0 Å². The maximum atomic E-state index is 11.5. The number of aliphatic imine (C=N–C) groups is 1. The average molecular weight is 543 g/mol. The van der Waals surface area contributed by atoms with E-state index >= 15 is 0 Å². The maximum absolute atomic E-state index is 11.5. The first-order valence-electron chi connectivity index (χ1n) is 11.5. The molecule has 8 heteroatoms. The molecule has 0 radical (unpaired) electrons. The second-order valence-corrected chi connectivity index (χ2v) is 8.16. The predicted octanol–water partition coefficient (Wildman–Crippen LogP) is 2.16. The van der Waals surface area contributed by atoms with Crippen molar-refractivity contribution in [2.75, 3.05) is 65.4 Å². The molecule has 1 aromatic rings. The molecule has 1 amide bonds. The van der Waals surface area contributed by atoms with Gasteiger partial charge in [0.1, 0.15) is 0 Å². The zero-order valence-corrected chi connectivity index (χ0v) is 21.4. The van der Waals surface area contributed by atoms with Crippen molar-refractivity contribution in [1.29, 1.82) is 0 Å². The van der Waals surface area contributed by atoms with Crippen LogP contribution in [0.5, 0.6) is 0 Å². The molecule has 0 spiro atoms. The van der Waals surface area contributed by atoms with E-state index in [9.17, 15) is 4.79 Å². The Balaban J connectivity index is 0.00000341. The second kappa shape index (κ2) is 13.9. The van der Waals surface area contributed by atoms with Crippen molar-refractivity contribution in [3.63, 3.8) is 0 Å². The number of guanidine groups is 1. The van der Waals surface area contributed by atoms with Crippen molar-refractivity contribution in [3.8, 4) is 0 Å². The normalized spacial score (nSPS) is 19.0. The number of rotatable bonds is 8. The molecular formula is C23H39IN6O. The fourth-order valence-corrected chi connectivity index (χ4v) is 4.30. The molecule has 2 saturated heterocycles. The van der Waals surface area contributed by atoms with E-state index in [1.807, 2.05) is 4.90 Å². The van der Waals surface area contributed by atoms with Gasteiger partial charge in [0.15, 0.2) is 5.96 Å². The summed E-state index contributed by atoms with van der Waals surface area (Å²) in [7, 11) is 0. The minimum atomic E-state index is 0. The van der Waals surface area contributed by atoms with Crippen LogP contribution in [0.4, 0.5) is 0 Å². The summed E-state index contributed by atoms with van der Waals surface area (Å²) in [6.07, 6.45) is 2.56. The summed E-state index contributed by atoms with van der Waals surface area (Å²) < 4.78 is 0. The number of halogens is 1. The standard InChI is InChI=1S/C23H38N6O.HI/c1-3-24-23(25-11-14-27-15-17-28(18-16-27)20(2)30)26-19-22(29-12-7-8-13-29)21-9-5-4-6-10-21;/h4-6,9-10,22H,3,7-8,11-19H2,1-2H3,(H2,24,25,26);1H. The van der Waals surface area contributed by atoms with E-state index < -0.39 is 0 Å². The summed E-state index contributed by atoms with van der Waals surface area (Å²) in [6, 6.07) is 11.1. The van der Waals surface area contributed by atoms with E-state index in [1.165, 1.54) is 18.4 Å². The molecule has 2 aliphatic rings. The fraction of sp³-hybridized carbons (Fsp3) is 0.652. The first-order chi connectivity index (χ1) is 14.7. The predicted molar refractivity (Wildman–Crippen MR) is 138 cm³/mol. The average Bonchev–Trinajstić information content (AvgIpc) is 3.29. The van der Waals surface area contributed by atoms with E-state index in [1.54, 1.807) is 6.92 Å². The highest BCUT2D eigenvalue weighted by molar-refractivity contribution is 14.0. The van der Waals surface area contributed by atoms with Gasteiger partial charge in [-0.05, 0) is 38.4 Å². The lowest BCUT2D eigenvalue weighted by Gasteiger charge is -2.34. The van der Waals surface area contributed by atoms with Gasteiger partial charge in [-0.3, -0.25) is 19.6 Å². The van der Waals surface area contributed by atoms with Gasteiger partial charge in [0.25, 0.3) is 0 Å². The van der Waals surface area contributed by atoms with Crippen LogP contribution in [0.15, 0.2) is 35.3 Å². The van der Waals surface area contributed by atoms with Gasteiger partial charge in [0, 0.05) is 52.7 Å². The molecule has 3 rings (SSSR count). The van der Waals surface area contributed by atoms with Crippen LogP contribution in [0.25, 0.3) is 0 Å². The Morgan fingerprint density at radius 3 is 2.32 bits per heavy atom. The van der Waals surface area contributed by atoms with Crippen molar-refractivity contribution in [2.24, 2.45) is 4.99 Å². The van der Waals surface area contributed by atoms with E-state index in [4.69, 9.17) is 4.99 Å². The highest BCUT2D eigenvalue weighted by Crippen LogP contribution is 2.25. The van der Waals surface area contributed by atoms with Crippen molar-refractivity contribution in [1.82, 2.24) is 25.3 Å². The first-order valence-corrected chi connectivity index (χ1v) is 11.5. The van der Waals surface area contributed by atoms with Gasteiger partial charge in [0.05, 0.1) is 12.6 Å². The third-order valence-corrected chi connectivity index (χ3v) is 6.07. The Kier molecular flexibility index (Phi) is 11.6. The SMILES string of the molecule is CCNC(=NCC(c1ccccc1)N1CCCC1)NCCN1CCN(C(C)=O)CC1.I. The van der Waals surface area contributed by atoms with Gasteiger partial charge in [-0.25, -0.2) is 0 Å². The molecule has 0 aromatic heterocycles. The van der Waals surface area contributed by atoms with Gasteiger partial charge in [-0.1, -0.05) is 30.3 Å². The third-order valence-electron chi connectivity index (χ3n) is 6.07. The van der Waals surface area contributed by atoms with Crippen molar-refractivity contribution in [3.05, 3.63) is 35.9 Å². The zero-order valence-electron chi connectivity index (χ0n) is 19.1.